The number of para-hydroxylation sites is 2. The van der Waals surface area contributed by atoms with Crippen LogP contribution in [-0.2, 0) is 0 Å². The van der Waals surface area contributed by atoms with E-state index in [0.29, 0.717) is 12.3 Å². The molecule has 1 saturated heterocycles. The van der Waals surface area contributed by atoms with Crippen LogP contribution < -0.4 is 0 Å². The fourth-order valence-corrected chi connectivity index (χ4v) is 5.19. The lowest BCUT2D eigenvalue weighted by molar-refractivity contribution is 0.0908. The number of rotatable bonds is 8. The molecule has 0 amide bonds. The first-order chi connectivity index (χ1) is 16.2. The van der Waals surface area contributed by atoms with Crippen molar-refractivity contribution in [3.63, 3.8) is 0 Å². The zero-order chi connectivity index (χ0) is 23.0. The molecule has 1 aromatic heterocycles. The highest BCUT2D eigenvalue weighted by atomic mass is 16.2. The Labute approximate surface area is 197 Å². The van der Waals surface area contributed by atoms with Gasteiger partial charge in [0.05, 0.1) is 11.0 Å². The first-order valence-corrected chi connectivity index (χ1v) is 12.3. The summed E-state index contributed by atoms with van der Waals surface area (Å²) in [5.41, 5.74) is 3.41. The van der Waals surface area contributed by atoms with Crippen LogP contribution in [0.2, 0.25) is 0 Å². The fourth-order valence-electron chi connectivity index (χ4n) is 5.19. The number of aromatic nitrogens is 1. The summed E-state index contributed by atoms with van der Waals surface area (Å²) in [6, 6.07) is 16.4. The van der Waals surface area contributed by atoms with Gasteiger partial charge in [0.15, 0.2) is 0 Å². The molecule has 3 nitrogen and oxygen atoms in total. The Morgan fingerprint density at radius 3 is 2.24 bits per heavy atom. The number of likely N-dealkylation sites (tertiary alicyclic amines) is 1. The molecule has 2 aromatic carbocycles. The highest BCUT2D eigenvalue weighted by Crippen LogP contribution is 2.29. The summed E-state index contributed by atoms with van der Waals surface area (Å²) in [6.07, 6.45) is 17.6. The van der Waals surface area contributed by atoms with Gasteiger partial charge in [-0.15, -0.1) is 6.42 Å². The van der Waals surface area contributed by atoms with Gasteiger partial charge in [-0.2, -0.15) is 0 Å². The quantitative estimate of drug-likeness (QED) is 0.218. The monoisotopic (exact) mass is 438 g/mol. The molecule has 0 N–H and O–H groups in total. The van der Waals surface area contributed by atoms with Crippen molar-refractivity contribution < 1.29 is 4.79 Å². The van der Waals surface area contributed by atoms with Crippen LogP contribution in [0, 0.1) is 18.3 Å². The Hall–Kier alpha value is -3.09. The highest BCUT2D eigenvalue weighted by molar-refractivity contribution is 6.13. The van der Waals surface area contributed by atoms with E-state index in [1.165, 1.54) is 18.4 Å². The minimum Gasteiger partial charge on any atom is -0.303 e. The summed E-state index contributed by atoms with van der Waals surface area (Å²) in [5.74, 6) is 3.42. The van der Waals surface area contributed by atoms with Crippen molar-refractivity contribution in [1.82, 2.24) is 9.47 Å². The van der Waals surface area contributed by atoms with Gasteiger partial charge < -0.3 is 4.90 Å². The van der Waals surface area contributed by atoms with Crippen molar-refractivity contribution in [3.05, 3.63) is 72.3 Å². The first kappa shape index (κ1) is 23.1. The van der Waals surface area contributed by atoms with Gasteiger partial charge in [0.25, 0.3) is 0 Å². The van der Waals surface area contributed by atoms with Crippen molar-refractivity contribution in [2.75, 3.05) is 19.6 Å². The summed E-state index contributed by atoms with van der Waals surface area (Å²) in [4.78, 5) is 15.7. The van der Waals surface area contributed by atoms with Crippen LogP contribution in [0.25, 0.3) is 21.8 Å². The standard InChI is InChI=1S/C30H34N2O/c1-3-5-13-24(4-2)25-19-22-31(23-20-25)21-12-6-7-18-30(33)32-28-16-10-8-14-26(28)27-15-9-11-17-29(27)32/h1,4-5,8-11,13-17,25H,6-7,12,18-23H2,2H3/b13-5-,24-4+. The van der Waals surface area contributed by atoms with Crippen molar-refractivity contribution in [1.29, 1.82) is 0 Å². The van der Waals surface area contributed by atoms with Gasteiger partial charge in [0, 0.05) is 17.2 Å². The number of fused-ring (bicyclic) bond motifs is 3. The Bertz CT molecular complexity index is 1150. The van der Waals surface area contributed by atoms with Crippen molar-refractivity contribution in [3.8, 4) is 12.3 Å². The molecule has 2 heterocycles. The van der Waals surface area contributed by atoms with E-state index in [1.807, 2.05) is 34.9 Å². The van der Waals surface area contributed by atoms with Gasteiger partial charge in [-0.1, -0.05) is 60.9 Å². The maximum atomic E-state index is 13.1. The number of carbonyl (C=O) groups is 1. The van der Waals surface area contributed by atoms with Gasteiger partial charge in [-0.05, 0) is 81.9 Å². The van der Waals surface area contributed by atoms with E-state index < -0.39 is 0 Å². The summed E-state index contributed by atoms with van der Waals surface area (Å²) >= 11 is 0. The second-order valence-electron chi connectivity index (χ2n) is 8.98. The number of hydrogen-bond acceptors (Lipinski definition) is 2. The molecule has 170 valence electrons. The maximum absolute atomic E-state index is 13.1. The van der Waals surface area contributed by atoms with Crippen LogP contribution in [0.5, 0.6) is 0 Å². The molecule has 0 radical (unpaired) electrons. The number of unbranched alkanes of at least 4 members (excludes halogenated alkanes) is 2. The third-order valence-corrected chi connectivity index (χ3v) is 6.96. The second kappa shape index (κ2) is 11.2. The molecule has 0 unspecified atom stereocenters. The van der Waals surface area contributed by atoms with Crippen LogP contribution in [0.4, 0.5) is 0 Å². The zero-order valence-electron chi connectivity index (χ0n) is 19.7. The number of nitrogens with zero attached hydrogens (tertiary/aromatic N) is 2. The van der Waals surface area contributed by atoms with Crippen molar-refractivity contribution in [2.24, 2.45) is 5.92 Å². The smallest absolute Gasteiger partial charge is 0.231 e. The zero-order valence-corrected chi connectivity index (χ0v) is 19.7. The van der Waals surface area contributed by atoms with Gasteiger partial charge in [0.1, 0.15) is 0 Å². The summed E-state index contributed by atoms with van der Waals surface area (Å²) in [5, 5.41) is 2.31. The lowest BCUT2D eigenvalue weighted by Gasteiger charge is -2.32. The number of benzene rings is 2. The number of carbonyl (C=O) groups excluding carboxylic acids is 1. The van der Waals surface area contributed by atoms with Crippen molar-refractivity contribution in [2.45, 2.75) is 45.4 Å². The van der Waals surface area contributed by atoms with E-state index in [1.54, 1.807) is 0 Å². The fraction of sp³-hybridized carbons (Fsp3) is 0.367. The predicted molar refractivity (Wildman–Crippen MR) is 139 cm³/mol. The summed E-state index contributed by atoms with van der Waals surface area (Å²) < 4.78 is 1.92. The molecule has 0 aliphatic carbocycles. The van der Waals surface area contributed by atoms with Gasteiger partial charge >= 0.3 is 0 Å². The van der Waals surface area contributed by atoms with Crippen molar-refractivity contribution >= 4 is 27.7 Å². The molecule has 0 atom stereocenters. The average molecular weight is 439 g/mol. The molecule has 33 heavy (non-hydrogen) atoms. The maximum Gasteiger partial charge on any atom is 0.231 e. The van der Waals surface area contributed by atoms with E-state index in [-0.39, 0.29) is 5.91 Å². The second-order valence-corrected chi connectivity index (χ2v) is 8.98. The van der Waals surface area contributed by atoms with Crippen LogP contribution >= 0.6 is 0 Å². The first-order valence-electron chi connectivity index (χ1n) is 12.3. The Balaban J connectivity index is 1.24. The van der Waals surface area contributed by atoms with E-state index in [0.717, 1.165) is 60.7 Å². The third-order valence-electron chi connectivity index (χ3n) is 6.96. The molecule has 1 aliphatic rings. The molecule has 1 aliphatic heterocycles. The molecular formula is C30H34N2O. The molecule has 0 spiro atoms. The highest BCUT2D eigenvalue weighted by Gasteiger charge is 2.20. The minimum atomic E-state index is 0.201. The van der Waals surface area contributed by atoms with Crippen LogP contribution in [0.1, 0.15) is 50.2 Å². The van der Waals surface area contributed by atoms with E-state index in [9.17, 15) is 4.79 Å². The minimum absolute atomic E-state index is 0.201. The summed E-state index contributed by atoms with van der Waals surface area (Å²) in [6.45, 7) is 5.52. The molecule has 0 bridgehead atoms. The molecule has 4 rings (SSSR count). The lowest BCUT2D eigenvalue weighted by atomic mass is 9.88. The predicted octanol–water partition coefficient (Wildman–Crippen LogP) is 6.84. The van der Waals surface area contributed by atoms with Gasteiger partial charge in [0.2, 0.25) is 5.91 Å². The molecule has 1 fully saturated rings. The van der Waals surface area contributed by atoms with E-state index in [4.69, 9.17) is 6.42 Å². The van der Waals surface area contributed by atoms with Gasteiger partial charge in [-0.3, -0.25) is 9.36 Å². The molecular weight excluding hydrogens is 404 g/mol. The largest absolute Gasteiger partial charge is 0.303 e. The Morgan fingerprint density at radius 2 is 1.64 bits per heavy atom. The Morgan fingerprint density at radius 1 is 1.00 bits per heavy atom. The molecule has 3 heteroatoms. The summed E-state index contributed by atoms with van der Waals surface area (Å²) in [7, 11) is 0. The normalized spacial score (nSPS) is 16.1. The number of allylic oxidation sites excluding steroid dienone is 4. The Kier molecular flexibility index (Phi) is 7.81. The van der Waals surface area contributed by atoms with E-state index in [2.05, 4.69) is 54.2 Å². The van der Waals surface area contributed by atoms with Crippen LogP contribution in [-0.4, -0.2) is 35.0 Å². The van der Waals surface area contributed by atoms with Crippen LogP contribution in [0.15, 0.2) is 72.3 Å². The van der Waals surface area contributed by atoms with E-state index >= 15 is 0 Å². The molecule has 0 saturated carbocycles. The molecule has 3 aromatic rings. The number of hydrogen-bond donors (Lipinski definition) is 0. The number of piperidine rings is 1. The number of terminal acetylenes is 1. The topological polar surface area (TPSA) is 25.2 Å². The van der Waals surface area contributed by atoms with Crippen LogP contribution in [0.3, 0.4) is 0 Å². The third kappa shape index (κ3) is 5.29. The average Bonchev–Trinajstić information content (AvgIpc) is 3.19. The van der Waals surface area contributed by atoms with Gasteiger partial charge in [-0.25, -0.2) is 0 Å². The SMILES string of the molecule is C#C/C=C\C(=C/C)C1CCN(CCCCCC(=O)n2c3ccccc3c3ccccc32)CC1. The lowest BCUT2D eigenvalue weighted by Crippen LogP contribution is -2.34.